The van der Waals surface area contributed by atoms with Crippen LogP contribution in [0.2, 0.25) is 0 Å². The standard InChI is InChI=1S/C21H23FN6O/c1-14-7-19(22)16(13-29)9-21(14)28-12-20(25-26-28)15-8-18(11-24-10-15)27-5-3-17(23-2)4-6-27/h7-13,17,23H,3-6H2,1-2H3. The van der Waals surface area contributed by atoms with Crippen molar-refractivity contribution >= 4 is 12.0 Å². The van der Waals surface area contributed by atoms with E-state index >= 15 is 0 Å². The molecule has 0 radical (unpaired) electrons. The smallest absolute Gasteiger partial charge is 0.153 e. The summed E-state index contributed by atoms with van der Waals surface area (Å²) in [6.45, 7) is 3.73. The van der Waals surface area contributed by atoms with Gasteiger partial charge in [0.25, 0.3) is 0 Å². The van der Waals surface area contributed by atoms with Crippen LogP contribution < -0.4 is 10.2 Å². The molecule has 8 heteroatoms. The SMILES string of the molecule is CNC1CCN(c2cncc(-c3cn(-c4cc(C=O)c(F)cc4C)nn3)c2)CC1. The molecule has 1 aliphatic rings. The van der Waals surface area contributed by atoms with Crippen molar-refractivity contribution in [1.82, 2.24) is 25.3 Å². The molecule has 4 rings (SSSR count). The van der Waals surface area contributed by atoms with Crippen LogP contribution in [-0.4, -0.2) is 52.4 Å². The maximum Gasteiger partial charge on any atom is 0.153 e. The number of anilines is 1. The molecular formula is C21H23FN6O. The first-order valence-corrected chi connectivity index (χ1v) is 9.64. The number of aldehydes is 1. The molecule has 0 aliphatic carbocycles. The zero-order valence-electron chi connectivity index (χ0n) is 16.5. The molecule has 7 nitrogen and oxygen atoms in total. The third kappa shape index (κ3) is 3.88. The minimum absolute atomic E-state index is 0.00344. The summed E-state index contributed by atoms with van der Waals surface area (Å²) in [4.78, 5) is 17.8. The topological polar surface area (TPSA) is 75.9 Å². The normalized spacial score (nSPS) is 14.9. The summed E-state index contributed by atoms with van der Waals surface area (Å²) in [6.07, 6.45) is 8.09. The van der Waals surface area contributed by atoms with Gasteiger partial charge in [-0.3, -0.25) is 9.78 Å². The van der Waals surface area contributed by atoms with E-state index < -0.39 is 5.82 Å². The van der Waals surface area contributed by atoms with Gasteiger partial charge in [0, 0.05) is 30.9 Å². The zero-order valence-corrected chi connectivity index (χ0v) is 16.5. The van der Waals surface area contributed by atoms with Crippen molar-refractivity contribution in [3.63, 3.8) is 0 Å². The molecule has 3 heterocycles. The van der Waals surface area contributed by atoms with Gasteiger partial charge in [0.15, 0.2) is 6.29 Å². The minimum Gasteiger partial charge on any atom is -0.370 e. The Hall–Kier alpha value is -3.13. The fourth-order valence-corrected chi connectivity index (χ4v) is 3.70. The Morgan fingerprint density at radius 2 is 2.00 bits per heavy atom. The summed E-state index contributed by atoms with van der Waals surface area (Å²) in [7, 11) is 2.01. The average Bonchev–Trinajstić information content (AvgIpc) is 3.24. The second-order valence-electron chi connectivity index (χ2n) is 7.31. The highest BCUT2D eigenvalue weighted by molar-refractivity contribution is 5.77. The fourth-order valence-electron chi connectivity index (χ4n) is 3.70. The van der Waals surface area contributed by atoms with Crippen molar-refractivity contribution < 1.29 is 9.18 Å². The van der Waals surface area contributed by atoms with E-state index in [2.05, 4.69) is 31.6 Å². The molecule has 1 fully saturated rings. The number of hydrogen-bond acceptors (Lipinski definition) is 6. The van der Waals surface area contributed by atoms with Gasteiger partial charge < -0.3 is 10.2 Å². The number of halogens is 1. The van der Waals surface area contributed by atoms with Gasteiger partial charge in [-0.05, 0) is 50.6 Å². The number of nitrogens with zero attached hydrogens (tertiary/aromatic N) is 5. The predicted molar refractivity (Wildman–Crippen MR) is 109 cm³/mol. The van der Waals surface area contributed by atoms with Gasteiger partial charge in [-0.2, -0.15) is 0 Å². The number of rotatable bonds is 5. The second kappa shape index (κ2) is 8.08. The molecule has 150 valence electrons. The lowest BCUT2D eigenvalue weighted by Gasteiger charge is -2.33. The summed E-state index contributed by atoms with van der Waals surface area (Å²) >= 11 is 0. The van der Waals surface area contributed by atoms with Crippen LogP contribution in [-0.2, 0) is 0 Å². The third-order valence-electron chi connectivity index (χ3n) is 5.47. The van der Waals surface area contributed by atoms with Crippen LogP contribution in [0.5, 0.6) is 0 Å². The van der Waals surface area contributed by atoms with Crippen LogP contribution in [0.1, 0.15) is 28.8 Å². The van der Waals surface area contributed by atoms with E-state index in [1.54, 1.807) is 24.0 Å². The van der Waals surface area contributed by atoms with Crippen LogP contribution in [0.15, 0.2) is 36.8 Å². The number of aryl methyl sites for hydroxylation is 1. The molecule has 3 aromatic rings. The maximum atomic E-state index is 13.8. The van der Waals surface area contributed by atoms with Crippen molar-refractivity contribution in [2.24, 2.45) is 0 Å². The lowest BCUT2D eigenvalue weighted by atomic mass is 10.0. The number of aromatic nitrogens is 4. The highest BCUT2D eigenvalue weighted by Gasteiger charge is 2.19. The first-order valence-electron chi connectivity index (χ1n) is 9.64. The van der Waals surface area contributed by atoms with E-state index in [4.69, 9.17) is 0 Å². The summed E-state index contributed by atoms with van der Waals surface area (Å²) in [5, 5.41) is 11.8. The van der Waals surface area contributed by atoms with Crippen molar-refractivity contribution in [2.75, 3.05) is 25.0 Å². The molecule has 0 amide bonds. The van der Waals surface area contributed by atoms with Crippen LogP contribution in [0, 0.1) is 12.7 Å². The van der Waals surface area contributed by atoms with Crippen molar-refractivity contribution in [1.29, 1.82) is 0 Å². The number of piperidine rings is 1. The molecule has 1 N–H and O–H groups in total. The first-order chi connectivity index (χ1) is 14.1. The molecule has 0 saturated carbocycles. The molecule has 0 bridgehead atoms. The monoisotopic (exact) mass is 394 g/mol. The van der Waals surface area contributed by atoms with Crippen molar-refractivity contribution in [2.45, 2.75) is 25.8 Å². The van der Waals surface area contributed by atoms with Crippen LogP contribution >= 0.6 is 0 Å². The fraction of sp³-hybridized carbons (Fsp3) is 0.333. The summed E-state index contributed by atoms with van der Waals surface area (Å²) in [6, 6.07) is 5.45. The predicted octanol–water partition coefficient (Wildman–Crippen LogP) is 2.78. The Balaban J connectivity index is 1.60. The van der Waals surface area contributed by atoms with E-state index in [0.717, 1.165) is 37.2 Å². The Bertz CT molecular complexity index is 1030. The maximum absolute atomic E-state index is 13.8. The average molecular weight is 394 g/mol. The zero-order chi connectivity index (χ0) is 20.4. The largest absolute Gasteiger partial charge is 0.370 e. The number of hydrogen-bond donors (Lipinski definition) is 1. The van der Waals surface area contributed by atoms with Crippen molar-refractivity contribution in [3.8, 4) is 16.9 Å². The summed E-state index contributed by atoms with van der Waals surface area (Å²) in [5.74, 6) is -0.541. The second-order valence-corrected chi connectivity index (χ2v) is 7.31. The van der Waals surface area contributed by atoms with Gasteiger partial charge >= 0.3 is 0 Å². The molecule has 2 aromatic heterocycles. The van der Waals surface area contributed by atoms with Gasteiger partial charge in [0.05, 0.1) is 29.3 Å². The number of carbonyl (C=O) groups is 1. The van der Waals surface area contributed by atoms with E-state index in [9.17, 15) is 9.18 Å². The summed E-state index contributed by atoms with van der Waals surface area (Å²) < 4.78 is 15.3. The summed E-state index contributed by atoms with van der Waals surface area (Å²) in [5.41, 5.74) is 3.87. The highest BCUT2D eigenvalue weighted by Crippen LogP contribution is 2.26. The van der Waals surface area contributed by atoms with E-state index in [1.807, 2.05) is 13.2 Å². The molecule has 29 heavy (non-hydrogen) atoms. The van der Waals surface area contributed by atoms with Crippen LogP contribution in [0.4, 0.5) is 10.1 Å². The van der Waals surface area contributed by atoms with Crippen LogP contribution in [0.25, 0.3) is 16.9 Å². The number of carbonyl (C=O) groups excluding carboxylic acids is 1. The molecule has 1 aromatic carbocycles. The third-order valence-corrected chi connectivity index (χ3v) is 5.47. The number of pyridine rings is 1. The quantitative estimate of drug-likeness (QED) is 0.671. The Kier molecular flexibility index (Phi) is 5.35. The van der Waals surface area contributed by atoms with E-state index in [0.29, 0.717) is 29.3 Å². The molecule has 0 atom stereocenters. The number of nitrogens with one attached hydrogen (secondary N) is 1. The highest BCUT2D eigenvalue weighted by atomic mass is 19.1. The minimum atomic E-state index is -0.541. The van der Waals surface area contributed by atoms with Gasteiger partial charge in [0.2, 0.25) is 0 Å². The van der Waals surface area contributed by atoms with Gasteiger partial charge in [-0.15, -0.1) is 5.10 Å². The molecule has 1 aliphatic heterocycles. The molecule has 0 spiro atoms. The van der Waals surface area contributed by atoms with Gasteiger partial charge in [0.1, 0.15) is 11.5 Å². The lowest BCUT2D eigenvalue weighted by Crippen LogP contribution is -2.41. The molecule has 1 saturated heterocycles. The van der Waals surface area contributed by atoms with Crippen LogP contribution in [0.3, 0.4) is 0 Å². The molecular weight excluding hydrogens is 371 g/mol. The molecule has 0 unspecified atom stereocenters. The Morgan fingerprint density at radius 1 is 1.21 bits per heavy atom. The van der Waals surface area contributed by atoms with E-state index in [1.165, 1.54) is 12.1 Å². The van der Waals surface area contributed by atoms with E-state index in [-0.39, 0.29) is 5.56 Å². The van der Waals surface area contributed by atoms with Crippen molar-refractivity contribution in [3.05, 3.63) is 53.7 Å². The van der Waals surface area contributed by atoms with Gasteiger partial charge in [-0.1, -0.05) is 5.21 Å². The lowest BCUT2D eigenvalue weighted by molar-refractivity contribution is 0.112. The van der Waals surface area contributed by atoms with Gasteiger partial charge in [-0.25, -0.2) is 9.07 Å². The Morgan fingerprint density at radius 3 is 2.72 bits per heavy atom. The Labute approximate surface area is 168 Å². The first kappa shape index (κ1) is 19.2. The number of benzene rings is 1.